The molecule has 0 aliphatic carbocycles. The first-order chi connectivity index (χ1) is 12.8. The summed E-state index contributed by atoms with van der Waals surface area (Å²) in [5, 5.41) is 0. The van der Waals surface area contributed by atoms with Gasteiger partial charge in [0.1, 0.15) is 17.6 Å². The number of fused-ring (bicyclic) bond motifs is 2. The largest absolute Gasteiger partial charge is 0.360 e. The van der Waals surface area contributed by atoms with Crippen LogP contribution in [0.4, 0.5) is 0 Å². The molecule has 2 aromatic heterocycles. The van der Waals surface area contributed by atoms with Gasteiger partial charge in [-0.15, -0.1) is 0 Å². The molecule has 1 aromatic carbocycles. The predicted octanol–water partition coefficient (Wildman–Crippen LogP) is 1.82. The first-order valence-corrected chi connectivity index (χ1v) is 8.36. The van der Waals surface area contributed by atoms with Crippen LogP contribution in [0.3, 0.4) is 0 Å². The lowest BCUT2D eigenvalue weighted by atomic mass is 9.87. The van der Waals surface area contributed by atoms with Crippen molar-refractivity contribution in [2.75, 3.05) is 13.1 Å². The van der Waals surface area contributed by atoms with Crippen molar-refractivity contribution < 1.29 is 9.53 Å². The fourth-order valence-corrected chi connectivity index (χ4v) is 3.47. The Balaban J connectivity index is 1.38. The molecule has 2 aliphatic rings. The number of amides is 1. The average Bonchev–Trinajstić information content (AvgIpc) is 3.07. The number of likely N-dealkylation sites (tertiary alicyclic amines) is 1. The molecule has 0 radical (unpaired) electrons. The van der Waals surface area contributed by atoms with Gasteiger partial charge in [0.05, 0.1) is 25.4 Å². The molecule has 0 N–H and O–H groups in total. The second-order valence-electron chi connectivity index (χ2n) is 6.46. The monoisotopic (exact) mass is 345 g/mol. The van der Waals surface area contributed by atoms with Gasteiger partial charge in [-0.1, -0.05) is 30.3 Å². The summed E-state index contributed by atoms with van der Waals surface area (Å²) in [6.07, 6.45) is 4.78. The first-order valence-electron chi connectivity index (χ1n) is 8.36. The maximum atomic E-state index is 12.5. The fraction of sp³-hybridized carbons (Fsp3) is 0.211. The standard InChI is InChI=1S/C19H15N5O2/c25-18(15-6-7-20-12-22-15)24-10-19(11-24)14-8-21-17(23-16(14)9-26-19)13-4-2-1-3-5-13/h1-8,12H,9-11H2. The molecular formula is C19H15N5O2. The van der Waals surface area contributed by atoms with E-state index in [1.807, 2.05) is 36.5 Å². The minimum Gasteiger partial charge on any atom is -0.360 e. The topological polar surface area (TPSA) is 81.1 Å². The van der Waals surface area contributed by atoms with Crippen molar-refractivity contribution in [3.63, 3.8) is 0 Å². The number of benzene rings is 1. The Kier molecular flexibility index (Phi) is 3.29. The van der Waals surface area contributed by atoms with Crippen LogP contribution in [0.1, 0.15) is 21.7 Å². The van der Waals surface area contributed by atoms with Crippen LogP contribution in [-0.4, -0.2) is 43.8 Å². The van der Waals surface area contributed by atoms with E-state index in [0.717, 1.165) is 16.8 Å². The molecule has 0 atom stereocenters. The van der Waals surface area contributed by atoms with Gasteiger partial charge in [-0.25, -0.2) is 19.9 Å². The number of carbonyl (C=O) groups is 1. The molecule has 0 bridgehead atoms. The van der Waals surface area contributed by atoms with Gasteiger partial charge in [0.15, 0.2) is 5.82 Å². The summed E-state index contributed by atoms with van der Waals surface area (Å²) in [7, 11) is 0. The predicted molar refractivity (Wildman–Crippen MR) is 91.9 cm³/mol. The van der Waals surface area contributed by atoms with E-state index in [4.69, 9.17) is 4.74 Å². The van der Waals surface area contributed by atoms with Gasteiger partial charge in [-0.3, -0.25) is 4.79 Å². The molecule has 26 heavy (non-hydrogen) atoms. The van der Waals surface area contributed by atoms with E-state index in [-0.39, 0.29) is 5.91 Å². The zero-order valence-corrected chi connectivity index (χ0v) is 13.9. The summed E-state index contributed by atoms with van der Waals surface area (Å²) in [4.78, 5) is 31.2. The summed E-state index contributed by atoms with van der Waals surface area (Å²) in [5.74, 6) is 0.579. The lowest BCUT2D eigenvalue weighted by Crippen LogP contribution is -2.61. The Hall–Kier alpha value is -3.19. The molecule has 128 valence electrons. The van der Waals surface area contributed by atoms with E-state index in [2.05, 4.69) is 19.9 Å². The highest BCUT2D eigenvalue weighted by Gasteiger charge is 2.52. The third-order valence-electron chi connectivity index (χ3n) is 4.86. The smallest absolute Gasteiger partial charge is 0.272 e. The minimum atomic E-state index is -0.493. The summed E-state index contributed by atoms with van der Waals surface area (Å²) in [6.45, 7) is 1.40. The van der Waals surface area contributed by atoms with E-state index in [9.17, 15) is 4.79 Å². The van der Waals surface area contributed by atoms with Gasteiger partial charge in [0.25, 0.3) is 5.91 Å². The van der Waals surface area contributed by atoms with E-state index in [0.29, 0.717) is 31.2 Å². The van der Waals surface area contributed by atoms with Gasteiger partial charge < -0.3 is 9.64 Å². The lowest BCUT2D eigenvalue weighted by Gasteiger charge is -2.46. The van der Waals surface area contributed by atoms with Gasteiger partial charge >= 0.3 is 0 Å². The molecular weight excluding hydrogens is 330 g/mol. The average molecular weight is 345 g/mol. The number of nitrogens with zero attached hydrogens (tertiary/aromatic N) is 5. The van der Waals surface area contributed by atoms with Crippen molar-refractivity contribution in [3.05, 3.63) is 72.1 Å². The molecule has 1 amide bonds. The summed E-state index contributed by atoms with van der Waals surface area (Å²) >= 11 is 0. The highest BCUT2D eigenvalue weighted by molar-refractivity contribution is 5.93. The molecule has 3 aromatic rings. The van der Waals surface area contributed by atoms with E-state index >= 15 is 0 Å². The molecule has 7 nitrogen and oxygen atoms in total. The Labute approximate surface area is 149 Å². The van der Waals surface area contributed by atoms with Crippen molar-refractivity contribution in [3.8, 4) is 11.4 Å². The normalized spacial score (nSPS) is 17.0. The number of ether oxygens (including phenoxy) is 1. The van der Waals surface area contributed by atoms with Crippen molar-refractivity contribution in [1.29, 1.82) is 0 Å². The maximum absolute atomic E-state index is 12.5. The molecule has 2 aliphatic heterocycles. The van der Waals surface area contributed by atoms with Crippen LogP contribution in [-0.2, 0) is 16.9 Å². The Morgan fingerprint density at radius 2 is 1.96 bits per heavy atom. The Bertz CT molecular complexity index is 972. The van der Waals surface area contributed by atoms with Gasteiger partial charge in [0.2, 0.25) is 0 Å². The molecule has 7 heteroatoms. The van der Waals surface area contributed by atoms with Crippen molar-refractivity contribution in [2.45, 2.75) is 12.2 Å². The van der Waals surface area contributed by atoms with Gasteiger partial charge in [0, 0.05) is 23.5 Å². The number of aromatic nitrogens is 4. The van der Waals surface area contributed by atoms with E-state index < -0.39 is 5.60 Å². The third kappa shape index (κ3) is 2.28. The van der Waals surface area contributed by atoms with Crippen molar-refractivity contribution >= 4 is 5.91 Å². The second kappa shape index (κ2) is 5.67. The van der Waals surface area contributed by atoms with Crippen molar-refractivity contribution in [2.24, 2.45) is 0 Å². The lowest BCUT2D eigenvalue weighted by molar-refractivity contribution is -0.126. The molecule has 1 spiro atoms. The molecule has 0 saturated carbocycles. The van der Waals surface area contributed by atoms with Crippen LogP contribution in [0.15, 0.2) is 55.1 Å². The highest BCUT2D eigenvalue weighted by Crippen LogP contribution is 2.43. The number of hydrogen-bond donors (Lipinski definition) is 0. The number of rotatable bonds is 2. The summed E-state index contributed by atoms with van der Waals surface area (Å²) < 4.78 is 6.02. The first kappa shape index (κ1) is 15.1. The van der Waals surface area contributed by atoms with Crippen LogP contribution in [0.25, 0.3) is 11.4 Å². The fourth-order valence-electron chi connectivity index (χ4n) is 3.47. The number of hydrogen-bond acceptors (Lipinski definition) is 6. The maximum Gasteiger partial charge on any atom is 0.272 e. The highest BCUT2D eigenvalue weighted by atomic mass is 16.5. The van der Waals surface area contributed by atoms with E-state index in [1.165, 1.54) is 6.33 Å². The minimum absolute atomic E-state index is 0.114. The Morgan fingerprint density at radius 1 is 1.12 bits per heavy atom. The van der Waals surface area contributed by atoms with E-state index in [1.54, 1.807) is 17.2 Å². The molecule has 1 saturated heterocycles. The van der Waals surface area contributed by atoms with Crippen LogP contribution >= 0.6 is 0 Å². The number of carbonyl (C=O) groups excluding carboxylic acids is 1. The molecule has 1 fully saturated rings. The van der Waals surface area contributed by atoms with Crippen LogP contribution in [0.5, 0.6) is 0 Å². The SMILES string of the molecule is O=C(c1ccncn1)N1CC2(C1)OCc1nc(-c3ccccc3)ncc12. The van der Waals surface area contributed by atoms with Gasteiger partial charge in [-0.2, -0.15) is 0 Å². The second-order valence-corrected chi connectivity index (χ2v) is 6.46. The van der Waals surface area contributed by atoms with Crippen LogP contribution in [0.2, 0.25) is 0 Å². The molecule has 4 heterocycles. The van der Waals surface area contributed by atoms with Crippen LogP contribution < -0.4 is 0 Å². The quantitative estimate of drug-likeness (QED) is 0.705. The zero-order chi connectivity index (χ0) is 17.6. The third-order valence-corrected chi connectivity index (χ3v) is 4.86. The molecule has 0 unspecified atom stereocenters. The summed E-state index contributed by atoms with van der Waals surface area (Å²) in [6, 6.07) is 11.5. The zero-order valence-electron chi connectivity index (χ0n) is 13.9. The summed E-state index contributed by atoms with van der Waals surface area (Å²) in [5.41, 5.74) is 2.75. The van der Waals surface area contributed by atoms with Gasteiger partial charge in [-0.05, 0) is 6.07 Å². The van der Waals surface area contributed by atoms with Crippen LogP contribution in [0, 0.1) is 0 Å². The molecule has 5 rings (SSSR count). The Morgan fingerprint density at radius 3 is 2.73 bits per heavy atom. The van der Waals surface area contributed by atoms with Crippen molar-refractivity contribution in [1.82, 2.24) is 24.8 Å².